The van der Waals surface area contributed by atoms with Crippen LogP contribution < -0.4 is 4.90 Å². The summed E-state index contributed by atoms with van der Waals surface area (Å²) in [6.07, 6.45) is 2.79. The highest BCUT2D eigenvalue weighted by Crippen LogP contribution is 2.22. The van der Waals surface area contributed by atoms with Crippen LogP contribution in [0, 0.1) is 11.6 Å². The van der Waals surface area contributed by atoms with Gasteiger partial charge in [-0.3, -0.25) is 9.88 Å². The molecule has 1 saturated heterocycles. The van der Waals surface area contributed by atoms with Gasteiger partial charge < -0.3 is 9.64 Å². The fourth-order valence-electron chi connectivity index (χ4n) is 3.00. The van der Waals surface area contributed by atoms with Crippen molar-refractivity contribution in [2.75, 3.05) is 39.2 Å². The maximum Gasteiger partial charge on any atom is 0.161 e. The van der Waals surface area contributed by atoms with E-state index < -0.39 is 11.6 Å². The van der Waals surface area contributed by atoms with Crippen molar-refractivity contribution in [3.63, 3.8) is 0 Å². The summed E-state index contributed by atoms with van der Waals surface area (Å²) in [5, 5.41) is 0. The van der Waals surface area contributed by atoms with Crippen molar-refractivity contribution in [3.05, 3.63) is 30.0 Å². The summed E-state index contributed by atoms with van der Waals surface area (Å²) in [5.41, 5.74) is 0.696. The Morgan fingerprint density at radius 3 is 2.65 bits per heavy atom. The molecule has 0 spiro atoms. The Hall–Kier alpha value is -1.86. The summed E-state index contributed by atoms with van der Waals surface area (Å²) >= 11 is 0. The number of likely N-dealkylation sites (tertiary alicyclic amines) is 1. The van der Waals surface area contributed by atoms with Gasteiger partial charge in [-0.1, -0.05) is 0 Å². The molecule has 2 atom stereocenters. The first-order valence-corrected chi connectivity index (χ1v) is 7.54. The predicted octanol–water partition coefficient (Wildman–Crippen LogP) is 2.06. The van der Waals surface area contributed by atoms with Gasteiger partial charge in [-0.2, -0.15) is 0 Å². The quantitative estimate of drug-likeness (QED) is 0.862. The Morgan fingerprint density at radius 2 is 2.00 bits per heavy atom. The van der Waals surface area contributed by atoms with Crippen LogP contribution in [0.2, 0.25) is 0 Å². The number of hydrogen-bond donors (Lipinski definition) is 0. The summed E-state index contributed by atoms with van der Waals surface area (Å²) in [5.74, 6) is -1.19. The monoisotopic (exact) mass is 322 g/mol. The van der Waals surface area contributed by atoms with E-state index in [0.29, 0.717) is 22.9 Å². The van der Waals surface area contributed by atoms with Crippen molar-refractivity contribution in [2.45, 2.75) is 18.6 Å². The minimum absolute atomic E-state index is 0.248. The zero-order valence-corrected chi connectivity index (χ0v) is 13.5. The summed E-state index contributed by atoms with van der Waals surface area (Å²) < 4.78 is 32.0. The van der Waals surface area contributed by atoms with Crippen LogP contribution in [0.1, 0.15) is 6.42 Å². The van der Waals surface area contributed by atoms with Crippen LogP contribution in [-0.2, 0) is 4.74 Å². The first-order chi connectivity index (χ1) is 11.0. The van der Waals surface area contributed by atoms with Crippen molar-refractivity contribution in [2.24, 2.45) is 0 Å². The number of nitrogens with zero attached hydrogens (tertiary/aromatic N) is 4. The number of likely N-dealkylation sites (N-methyl/N-ethyl adjacent to an activating group) is 2. The number of benzene rings is 1. The molecule has 0 amide bonds. The van der Waals surface area contributed by atoms with E-state index in [9.17, 15) is 8.78 Å². The molecule has 124 valence electrons. The topological polar surface area (TPSA) is 41.5 Å². The van der Waals surface area contributed by atoms with Crippen LogP contribution in [0.25, 0.3) is 11.0 Å². The van der Waals surface area contributed by atoms with E-state index in [0.717, 1.165) is 31.6 Å². The molecule has 0 unspecified atom stereocenters. The van der Waals surface area contributed by atoms with Gasteiger partial charge in [0.2, 0.25) is 0 Å². The summed E-state index contributed by atoms with van der Waals surface area (Å²) in [6, 6.07) is 2.50. The number of hydrogen-bond acceptors (Lipinski definition) is 5. The van der Waals surface area contributed by atoms with Gasteiger partial charge in [-0.05, 0) is 13.5 Å². The third-order valence-electron chi connectivity index (χ3n) is 4.43. The molecule has 2 heterocycles. The fraction of sp³-hybridized carbons (Fsp3) is 0.500. The van der Waals surface area contributed by atoms with Crippen LogP contribution >= 0.6 is 0 Å². The maximum atomic E-state index is 13.4. The van der Waals surface area contributed by atoms with Crippen molar-refractivity contribution >= 4 is 16.9 Å². The van der Waals surface area contributed by atoms with Gasteiger partial charge >= 0.3 is 0 Å². The minimum Gasteiger partial charge on any atom is -0.380 e. The molecule has 0 aliphatic carbocycles. The lowest BCUT2D eigenvalue weighted by Gasteiger charge is -2.26. The molecule has 2 aromatic rings. The minimum atomic E-state index is -0.912. The van der Waals surface area contributed by atoms with Crippen molar-refractivity contribution < 1.29 is 13.5 Å². The predicted molar refractivity (Wildman–Crippen MR) is 84.6 cm³/mol. The summed E-state index contributed by atoms with van der Waals surface area (Å²) in [7, 11) is 5.72. The first kappa shape index (κ1) is 16.0. The Morgan fingerprint density at radius 1 is 1.30 bits per heavy atom. The van der Waals surface area contributed by atoms with Gasteiger partial charge in [0.15, 0.2) is 11.6 Å². The van der Waals surface area contributed by atoms with Crippen molar-refractivity contribution in [1.82, 2.24) is 14.9 Å². The smallest absolute Gasteiger partial charge is 0.161 e. The fourth-order valence-corrected chi connectivity index (χ4v) is 3.00. The lowest BCUT2D eigenvalue weighted by Crippen LogP contribution is -2.37. The van der Waals surface area contributed by atoms with Gasteiger partial charge in [0.05, 0.1) is 23.3 Å². The standard InChI is InChI=1S/C16H20F2N4O/c1-21-9-11(23-3)4-10(21)8-22(2)16-7-19-14-5-12(17)13(18)6-15(14)20-16/h5-7,10-11H,4,8-9H2,1-3H3/t10-,11-/m0/s1. The molecular formula is C16H20F2N4O. The van der Waals surface area contributed by atoms with Crippen LogP contribution in [0.3, 0.4) is 0 Å². The molecule has 23 heavy (non-hydrogen) atoms. The Bertz CT molecular complexity index is 712. The van der Waals surface area contributed by atoms with E-state index in [1.807, 2.05) is 11.9 Å². The third-order valence-corrected chi connectivity index (χ3v) is 4.43. The molecule has 0 saturated carbocycles. The van der Waals surface area contributed by atoms with Gasteiger partial charge in [-0.15, -0.1) is 0 Å². The highest BCUT2D eigenvalue weighted by atomic mass is 19.2. The van der Waals surface area contributed by atoms with E-state index in [4.69, 9.17) is 4.74 Å². The van der Waals surface area contributed by atoms with Crippen LogP contribution in [0.15, 0.2) is 18.3 Å². The highest BCUT2D eigenvalue weighted by Gasteiger charge is 2.30. The number of halogens is 2. The maximum absolute atomic E-state index is 13.4. The normalized spacial score (nSPS) is 22.0. The van der Waals surface area contributed by atoms with Crippen molar-refractivity contribution in [3.8, 4) is 0 Å². The van der Waals surface area contributed by atoms with Gasteiger partial charge in [0.25, 0.3) is 0 Å². The third kappa shape index (κ3) is 3.25. The zero-order chi connectivity index (χ0) is 16.6. The van der Waals surface area contributed by atoms with Gasteiger partial charge in [0, 0.05) is 45.4 Å². The molecular weight excluding hydrogens is 302 g/mol. The molecule has 1 fully saturated rings. The Labute approximate surface area is 133 Å². The zero-order valence-electron chi connectivity index (χ0n) is 13.5. The van der Waals surface area contributed by atoms with Crippen LogP contribution in [0.5, 0.6) is 0 Å². The summed E-state index contributed by atoms with van der Waals surface area (Å²) in [6.45, 7) is 1.67. The second-order valence-corrected chi connectivity index (χ2v) is 6.05. The average Bonchev–Trinajstić information content (AvgIpc) is 2.88. The molecule has 1 aromatic heterocycles. The van der Waals surface area contributed by atoms with Crippen LogP contribution in [0.4, 0.5) is 14.6 Å². The Kier molecular flexibility index (Phi) is 4.41. The largest absolute Gasteiger partial charge is 0.380 e. The molecule has 1 aromatic carbocycles. The molecule has 0 radical (unpaired) electrons. The molecule has 3 rings (SSSR count). The number of methoxy groups -OCH3 is 1. The lowest BCUT2D eigenvalue weighted by atomic mass is 10.2. The second kappa shape index (κ2) is 6.33. The van der Waals surface area contributed by atoms with E-state index >= 15 is 0 Å². The first-order valence-electron chi connectivity index (χ1n) is 7.54. The van der Waals surface area contributed by atoms with Crippen molar-refractivity contribution in [1.29, 1.82) is 0 Å². The number of anilines is 1. The molecule has 1 aliphatic heterocycles. The Balaban J connectivity index is 1.78. The highest BCUT2D eigenvalue weighted by molar-refractivity contribution is 5.75. The molecule has 5 nitrogen and oxygen atoms in total. The number of aromatic nitrogens is 2. The van der Waals surface area contributed by atoms with Gasteiger partial charge in [0.1, 0.15) is 5.82 Å². The molecule has 0 bridgehead atoms. The molecule has 0 N–H and O–H groups in total. The van der Waals surface area contributed by atoms with E-state index in [1.54, 1.807) is 13.3 Å². The number of ether oxygens (including phenoxy) is 1. The van der Waals surface area contributed by atoms with E-state index in [-0.39, 0.29) is 6.10 Å². The second-order valence-electron chi connectivity index (χ2n) is 6.05. The number of rotatable bonds is 4. The lowest BCUT2D eigenvalue weighted by molar-refractivity contribution is 0.111. The SMILES string of the molecule is CO[C@H]1C[C@@H](CN(C)c2cnc3cc(F)c(F)cc3n2)N(C)C1. The number of fused-ring (bicyclic) bond motifs is 1. The van der Waals surface area contributed by atoms with E-state index in [2.05, 4.69) is 21.9 Å². The summed E-state index contributed by atoms with van der Waals surface area (Å²) in [4.78, 5) is 12.8. The molecule has 1 aliphatic rings. The molecule has 7 heteroatoms. The van der Waals surface area contributed by atoms with Gasteiger partial charge in [-0.25, -0.2) is 13.8 Å². The van der Waals surface area contributed by atoms with E-state index in [1.165, 1.54) is 0 Å². The van der Waals surface area contributed by atoms with Crippen LogP contribution in [-0.4, -0.2) is 61.3 Å². The average molecular weight is 322 g/mol.